The molecular weight excluding hydrogens is 224 g/mol. The Bertz CT molecular complexity index is 413. The maximum Gasteiger partial charge on any atom is 0.317 e. The molecule has 0 unspecified atom stereocenters. The van der Waals surface area contributed by atoms with E-state index < -0.39 is 0 Å². The summed E-state index contributed by atoms with van der Waals surface area (Å²) in [5.74, 6) is 0. The number of hydrogen-bond donors (Lipinski definition) is 1. The summed E-state index contributed by atoms with van der Waals surface area (Å²) in [6.45, 7) is 5.78. The van der Waals surface area contributed by atoms with Gasteiger partial charge in [0.25, 0.3) is 0 Å². The maximum atomic E-state index is 12.2. The number of nitrogens with one attached hydrogen (secondary N) is 1. The number of rotatable bonds is 3. The Hall–Kier alpha value is -1.51. The molecule has 1 aliphatic heterocycles. The fourth-order valence-electron chi connectivity index (χ4n) is 2.43. The standard InChI is InChI=1S/C15H22N2O/c1-3-14(4-2)16-15(18)17-10-9-12-7-5-6-8-13(12)11-17/h5-8,14H,3-4,9-11H2,1-2H3,(H,16,18). The van der Waals surface area contributed by atoms with E-state index in [-0.39, 0.29) is 6.03 Å². The molecule has 0 saturated heterocycles. The second-order valence-corrected chi connectivity index (χ2v) is 4.90. The van der Waals surface area contributed by atoms with Gasteiger partial charge in [-0.2, -0.15) is 0 Å². The van der Waals surface area contributed by atoms with E-state index in [9.17, 15) is 4.79 Å². The Morgan fingerprint density at radius 1 is 1.28 bits per heavy atom. The van der Waals surface area contributed by atoms with Crippen molar-refractivity contribution in [2.24, 2.45) is 0 Å². The number of carbonyl (C=O) groups is 1. The highest BCUT2D eigenvalue weighted by Crippen LogP contribution is 2.18. The summed E-state index contributed by atoms with van der Waals surface area (Å²) in [4.78, 5) is 14.1. The van der Waals surface area contributed by atoms with E-state index in [1.807, 2.05) is 11.0 Å². The molecule has 0 bridgehead atoms. The number of fused-ring (bicyclic) bond motifs is 1. The van der Waals surface area contributed by atoms with Gasteiger partial charge in [-0.1, -0.05) is 38.1 Å². The van der Waals surface area contributed by atoms with Gasteiger partial charge < -0.3 is 10.2 Å². The molecule has 18 heavy (non-hydrogen) atoms. The Morgan fingerprint density at radius 2 is 1.94 bits per heavy atom. The second kappa shape index (κ2) is 5.89. The minimum Gasteiger partial charge on any atom is -0.335 e. The van der Waals surface area contributed by atoms with Crippen LogP contribution in [0.1, 0.15) is 37.8 Å². The smallest absolute Gasteiger partial charge is 0.317 e. The van der Waals surface area contributed by atoms with Crippen LogP contribution in [0.25, 0.3) is 0 Å². The van der Waals surface area contributed by atoms with Crippen molar-refractivity contribution in [3.05, 3.63) is 35.4 Å². The first kappa shape index (κ1) is 12.9. The predicted molar refractivity (Wildman–Crippen MR) is 73.5 cm³/mol. The van der Waals surface area contributed by atoms with Crippen LogP contribution < -0.4 is 5.32 Å². The molecule has 1 heterocycles. The number of nitrogens with zero attached hydrogens (tertiary/aromatic N) is 1. The maximum absolute atomic E-state index is 12.2. The fourth-order valence-corrected chi connectivity index (χ4v) is 2.43. The average molecular weight is 246 g/mol. The SMILES string of the molecule is CCC(CC)NC(=O)N1CCc2ccccc2C1. The molecule has 0 spiro atoms. The molecule has 0 atom stereocenters. The summed E-state index contributed by atoms with van der Waals surface area (Å²) in [6.07, 6.45) is 2.95. The van der Waals surface area contributed by atoms with Crippen LogP contribution in [0.3, 0.4) is 0 Å². The largest absolute Gasteiger partial charge is 0.335 e. The lowest BCUT2D eigenvalue weighted by atomic mass is 10.0. The average Bonchev–Trinajstić information content (AvgIpc) is 2.44. The van der Waals surface area contributed by atoms with Gasteiger partial charge in [0.15, 0.2) is 0 Å². The lowest BCUT2D eigenvalue weighted by molar-refractivity contribution is 0.187. The Morgan fingerprint density at radius 3 is 2.61 bits per heavy atom. The van der Waals surface area contributed by atoms with Gasteiger partial charge >= 0.3 is 6.03 Å². The lowest BCUT2D eigenvalue weighted by Crippen LogP contribution is -2.46. The molecule has 1 aromatic rings. The van der Waals surface area contributed by atoms with Crippen molar-refractivity contribution in [3.8, 4) is 0 Å². The third kappa shape index (κ3) is 2.84. The molecule has 0 fully saturated rings. The summed E-state index contributed by atoms with van der Waals surface area (Å²) in [6, 6.07) is 8.77. The van der Waals surface area contributed by atoms with Gasteiger partial charge in [-0.05, 0) is 30.4 Å². The van der Waals surface area contributed by atoms with E-state index in [1.54, 1.807) is 0 Å². The van der Waals surface area contributed by atoms with E-state index in [0.29, 0.717) is 6.04 Å². The fraction of sp³-hybridized carbons (Fsp3) is 0.533. The zero-order chi connectivity index (χ0) is 13.0. The van der Waals surface area contributed by atoms with Crippen molar-refractivity contribution in [1.29, 1.82) is 0 Å². The van der Waals surface area contributed by atoms with Crippen LogP contribution in [-0.4, -0.2) is 23.5 Å². The van der Waals surface area contributed by atoms with Crippen molar-refractivity contribution in [3.63, 3.8) is 0 Å². The monoisotopic (exact) mass is 246 g/mol. The molecule has 98 valence electrons. The lowest BCUT2D eigenvalue weighted by Gasteiger charge is -2.30. The first-order valence-corrected chi connectivity index (χ1v) is 6.86. The predicted octanol–water partition coefficient (Wildman–Crippen LogP) is 2.94. The highest BCUT2D eigenvalue weighted by atomic mass is 16.2. The number of hydrogen-bond acceptors (Lipinski definition) is 1. The van der Waals surface area contributed by atoms with Gasteiger partial charge in [-0.25, -0.2) is 4.79 Å². The summed E-state index contributed by atoms with van der Waals surface area (Å²) < 4.78 is 0. The summed E-state index contributed by atoms with van der Waals surface area (Å²) >= 11 is 0. The molecule has 1 N–H and O–H groups in total. The van der Waals surface area contributed by atoms with E-state index in [1.165, 1.54) is 11.1 Å². The molecule has 0 saturated carbocycles. The van der Waals surface area contributed by atoms with E-state index >= 15 is 0 Å². The van der Waals surface area contributed by atoms with Crippen LogP contribution in [0.15, 0.2) is 24.3 Å². The highest BCUT2D eigenvalue weighted by molar-refractivity contribution is 5.74. The number of amides is 2. The highest BCUT2D eigenvalue weighted by Gasteiger charge is 2.21. The van der Waals surface area contributed by atoms with Crippen LogP contribution in [0.4, 0.5) is 4.79 Å². The van der Waals surface area contributed by atoms with Gasteiger partial charge in [-0.15, -0.1) is 0 Å². The van der Waals surface area contributed by atoms with Crippen molar-refractivity contribution in [2.75, 3.05) is 6.54 Å². The van der Waals surface area contributed by atoms with Crippen molar-refractivity contribution in [1.82, 2.24) is 10.2 Å². The topological polar surface area (TPSA) is 32.3 Å². The molecule has 2 rings (SSSR count). The van der Waals surface area contributed by atoms with Crippen molar-refractivity contribution in [2.45, 2.75) is 45.7 Å². The Labute approximate surface area is 109 Å². The molecule has 0 radical (unpaired) electrons. The van der Waals surface area contributed by atoms with Crippen LogP contribution in [0, 0.1) is 0 Å². The van der Waals surface area contributed by atoms with Crippen molar-refractivity contribution < 1.29 is 4.79 Å². The van der Waals surface area contributed by atoms with E-state index in [4.69, 9.17) is 0 Å². The zero-order valence-corrected chi connectivity index (χ0v) is 11.3. The molecule has 2 amide bonds. The van der Waals surface area contributed by atoms with E-state index in [2.05, 4.69) is 37.4 Å². The third-order valence-electron chi connectivity index (χ3n) is 3.73. The first-order chi connectivity index (χ1) is 8.74. The molecule has 0 aromatic heterocycles. The molecule has 1 aromatic carbocycles. The van der Waals surface area contributed by atoms with Gasteiger partial charge in [-0.3, -0.25) is 0 Å². The second-order valence-electron chi connectivity index (χ2n) is 4.90. The molecule has 3 heteroatoms. The van der Waals surface area contributed by atoms with Crippen LogP contribution >= 0.6 is 0 Å². The third-order valence-corrected chi connectivity index (χ3v) is 3.73. The molecule has 3 nitrogen and oxygen atoms in total. The van der Waals surface area contributed by atoms with Gasteiger partial charge in [0.1, 0.15) is 0 Å². The molecule has 1 aliphatic rings. The minimum absolute atomic E-state index is 0.0817. The molecular formula is C15H22N2O. The number of benzene rings is 1. The first-order valence-electron chi connectivity index (χ1n) is 6.86. The summed E-state index contributed by atoms with van der Waals surface area (Å²) in [7, 11) is 0. The van der Waals surface area contributed by atoms with Crippen molar-refractivity contribution >= 4 is 6.03 Å². The van der Waals surface area contributed by atoms with E-state index in [0.717, 1.165) is 32.4 Å². The number of urea groups is 1. The Balaban J connectivity index is 1.98. The normalized spacial score (nSPS) is 14.5. The van der Waals surface area contributed by atoms with Gasteiger partial charge in [0.2, 0.25) is 0 Å². The quantitative estimate of drug-likeness (QED) is 0.873. The van der Waals surface area contributed by atoms with Crippen LogP contribution in [-0.2, 0) is 13.0 Å². The van der Waals surface area contributed by atoms with Gasteiger partial charge in [0.05, 0.1) is 0 Å². The van der Waals surface area contributed by atoms with Crippen LogP contribution in [0.2, 0.25) is 0 Å². The number of carbonyl (C=O) groups excluding carboxylic acids is 1. The Kier molecular flexibility index (Phi) is 4.24. The van der Waals surface area contributed by atoms with Crippen LogP contribution in [0.5, 0.6) is 0 Å². The summed E-state index contributed by atoms with van der Waals surface area (Å²) in [5, 5.41) is 3.10. The summed E-state index contributed by atoms with van der Waals surface area (Å²) in [5.41, 5.74) is 2.66. The minimum atomic E-state index is 0.0817. The van der Waals surface area contributed by atoms with Gasteiger partial charge in [0, 0.05) is 19.1 Å². The zero-order valence-electron chi connectivity index (χ0n) is 11.3. The molecule has 0 aliphatic carbocycles.